The lowest BCUT2D eigenvalue weighted by atomic mass is 9.93. The van der Waals surface area contributed by atoms with Gasteiger partial charge in [0.25, 0.3) is 0 Å². The van der Waals surface area contributed by atoms with Crippen molar-refractivity contribution in [1.82, 2.24) is 0 Å². The Morgan fingerprint density at radius 1 is 1.50 bits per heavy atom. The standard InChI is InChI=1S/C13H15FO2/c1-8-3-4-10(7-11(8)14)12(9-5-6-9)13(15)16-2/h3-4,7,9,12H,5-6H2,1-2H3. The van der Waals surface area contributed by atoms with Crippen LogP contribution in [-0.2, 0) is 9.53 Å². The highest BCUT2D eigenvalue weighted by Crippen LogP contribution is 2.43. The van der Waals surface area contributed by atoms with Gasteiger partial charge in [-0.2, -0.15) is 0 Å². The quantitative estimate of drug-likeness (QED) is 0.735. The molecule has 1 aromatic rings. The molecule has 1 aromatic carbocycles. The van der Waals surface area contributed by atoms with Gasteiger partial charge in [-0.05, 0) is 42.9 Å². The highest BCUT2D eigenvalue weighted by molar-refractivity contribution is 5.79. The summed E-state index contributed by atoms with van der Waals surface area (Å²) < 4.78 is 18.2. The smallest absolute Gasteiger partial charge is 0.313 e. The molecule has 0 bridgehead atoms. The van der Waals surface area contributed by atoms with Crippen LogP contribution in [0, 0.1) is 18.7 Å². The van der Waals surface area contributed by atoms with Gasteiger partial charge in [-0.3, -0.25) is 4.79 Å². The monoisotopic (exact) mass is 222 g/mol. The third-order valence-electron chi connectivity index (χ3n) is 3.10. The molecule has 1 aliphatic rings. The maximum atomic E-state index is 13.4. The second kappa shape index (κ2) is 4.24. The molecule has 0 radical (unpaired) electrons. The summed E-state index contributed by atoms with van der Waals surface area (Å²) in [5.41, 5.74) is 1.33. The molecule has 0 saturated heterocycles. The second-order valence-electron chi connectivity index (χ2n) is 4.35. The van der Waals surface area contributed by atoms with Crippen LogP contribution in [0.5, 0.6) is 0 Å². The number of esters is 1. The van der Waals surface area contributed by atoms with E-state index in [1.807, 2.05) is 6.07 Å². The van der Waals surface area contributed by atoms with Gasteiger partial charge < -0.3 is 4.74 Å². The van der Waals surface area contributed by atoms with Crippen LogP contribution in [0.2, 0.25) is 0 Å². The Bertz CT molecular complexity index is 410. The number of benzene rings is 1. The highest BCUT2D eigenvalue weighted by atomic mass is 19.1. The SMILES string of the molecule is COC(=O)C(c1ccc(C)c(F)c1)C1CC1. The zero-order valence-corrected chi connectivity index (χ0v) is 9.50. The molecule has 1 unspecified atom stereocenters. The fraction of sp³-hybridized carbons (Fsp3) is 0.462. The molecule has 0 aliphatic heterocycles. The molecule has 16 heavy (non-hydrogen) atoms. The van der Waals surface area contributed by atoms with Crippen LogP contribution in [0.4, 0.5) is 4.39 Å². The summed E-state index contributed by atoms with van der Waals surface area (Å²) in [4.78, 5) is 11.6. The zero-order chi connectivity index (χ0) is 11.7. The van der Waals surface area contributed by atoms with E-state index in [-0.39, 0.29) is 17.7 Å². The van der Waals surface area contributed by atoms with E-state index in [1.165, 1.54) is 13.2 Å². The Balaban J connectivity index is 2.31. The Labute approximate surface area is 94.4 Å². The van der Waals surface area contributed by atoms with E-state index in [0.29, 0.717) is 11.5 Å². The zero-order valence-electron chi connectivity index (χ0n) is 9.50. The third-order valence-corrected chi connectivity index (χ3v) is 3.10. The van der Waals surface area contributed by atoms with Gasteiger partial charge in [-0.25, -0.2) is 4.39 Å². The van der Waals surface area contributed by atoms with Crippen LogP contribution >= 0.6 is 0 Å². The van der Waals surface area contributed by atoms with Crippen molar-refractivity contribution in [3.8, 4) is 0 Å². The number of hydrogen-bond donors (Lipinski definition) is 0. The molecule has 0 aromatic heterocycles. The maximum Gasteiger partial charge on any atom is 0.313 e. The van der Waals surface area contributed by atoms with Gasteiger partial charge in [0.1, 0.15) is 5.82 Å². The molecule has 0 heterocycles. The average Bonchev–Trinajstić information content (AvgIpc) is 3.07. The van der Waals surface area contributed by atoms with Crippen molar-refractivity contribution in [2.75, 3.05) is 7.11 Å². The Kier molecular flexibility index (Phi) is 2.95. The van der Waals surface area contributed by atoms with E-state index in [0.717, 1.165) is 18.4 Å². The third kappa shape index (κ3) is 2.08. The summed E-state index contributed by atoms with van der Waals surface area (Å²) in [6.07, 6.45) is 2.05. The van der Waals surface area contributed by atoms with Crippen molar-refractivity contribution in [1.29, 1.82) is 0 Å². The predicted octanol–water partition coefficient (Wildman–Crippen LogP) is 2.80. The first-order valence-corrected chi connectivity index (χ1v) is 5.47. The normalized spacial score (nSPS) is 16.9. The molecule has 1 aliphatic carbocycles. The minimum Gasteiger partial charge on any atom is -0.469 e. The van der Waals surface area contributed by atoms with Gasteiger partial charge in [0, 0.05) is 0 Å². The summed E-state index contributed by atoms with van der Waals surface area (Å²) >= 11 is 0. The van der Waals surface area contributed by atoms with Crippen LogP contribution in [-0.4, -0.2) is 13.1 Å². The molecular formula is C13H15FO2. The molecule has 0 amide bonds. The van der Waals surface area contributed by atoms with E-state index >= 15 is 0 Å². The number of rotatable bonds is 3. The molecular weight excluding hydrogens is 207 g/mol. The van der Waals surface area contributed by atoms with E-state index in [2.05, 4.69) is 0 Å². The molecule has 1 fully saturated rings. The number of methoxy groups -OCH3 is 1. The summed E-state index contributed by atoms with van der Waals surface area (Å²) in [6.45, 7) is 1.71. The average molecular weight is 222 g/mol. The summed E-state index contributed by atoms with van der Waals surface area (Å²) in [7, 11) is 1.38. The number of ether oxygens (including phenoxy) is 1. The largest absolute Gasteiger partial charge is 0.469 e. The Morgan fingerprint density at radius 3 is 2.69 bits per heavy atom. The van der Waals surface area contributed by atoms with Crippen molar-refractivity contribution in [3.05, 3.63) is 35.1 Å². The lowest BCUT2D eigenvalue weighted by Gasteiger charge is -2.14. The number of carbonyl (C=O) groups is 1. The molecule has 3 heteroatoms. The molecule has 1 saturated carbocycles. The van der Waals surface area contributed by atoms with Crippen LogP contribution in [0.15, 0.2) is 18.2 Å². The molecule has 2 rings (SSSR count). The maximum absolute atomic E-state index is 13.4. The molecule has 2 nitrogen and oxygen atoms in total. The fourth-order valence-electron chi connectivity index (χ4n) is 1.96. The molecule has 1 atom stereocenters. The van der Waals surface area contributed by atoms with Gasteiger partial charge in [0.05, 0.1) is 13.0 Å². The van der Waals surface area contributed by atoms with Crippen LogP contribution in [0.1, 0.15) is 29.9 Å². The van der Waals surface area contributed by atoms with E-state index in [4.69, 9.17) is 4.74 Å². The number of hydrogen-bond acceptors (Lipinski definition) is 2. The summed E-state index contributed by atoms with van der Waals surface area (Å²) in [5, 5.41) is 0. The second-order valence-corrected chi connectivity index (χ2v) is 4.35. The van der Waals surface area contributed by atoms with Crippen LogP contribution in [0.25, 0.3) is 0 Å². The molecule has 0 N–H and O–H groups in total. The van der Waals surface area contributed by atoms with Crippen molar-refractivity contribution in [2.45, 2.75) is 25.7 Å². The number of carbonyl (C=O) groups excluding carboxylic acids is 1. The lowest BCUT2D eigenvalue weighted by molar-refractivity contribution is -0.143. The molecule has 86 valence electrons. The topological polar surface area (TPSA) is 26.3 Å². The summed E-state index contributed by atoms with van der Waals surface area (Å²) in [6, 6.07) is 4.98. The fourth-order valence-corrected chi connectivity index (χ4v) is 1.96. The van der Waals surface area contributed by atoms with Gasteiger partial charge in [0.2, 0.25) is 0 Å². The van der Waals surface area contributed by atoms with Crippen molar-refractivity contribution in [3.63, 3.8) is 0 Å². The minimum atomic E-state index is -0.292. The van der Waals surface area contributed by atoms with Gasteiger partial charge in [-0.15, -0.1) is 0 Å². The lowest BCUT2D eigenvalue weighted by Crippen LogP contribution is -2.16. The van der Waals surface area contributed by atoms with Crippen LogP contribution in [0.3, 0.4) is 0 Å². The van der Waals surface area contributed by atoms with Gasteiger partial charge in [-0.1, -0.05) is 12.1 Å². The predicted molar refractivity (Wildman–Crippen MR) is 58.6 cm³/mol. The Morgan fingerprint density at radius 2 is 2.19 bits per heavy atom. The first kappa shape index (κ1) is 11.1. The minimum absolute atomic E-state index is 0.257. The van der Waals surface area contributed by atoms with E-state index in [1.54, 1.807) is 13.0 Å². The molecule has 0 spiro atoms. The Hall–Kier alpha value is -1.38. The van der Waals surface area contributed by atoms with Crippen molar-refractivity contribution < 1.29 is 13.9 Å². The van der Waals surface area contributed by atoms with E-state index < -0.39 is 0 Å². The van der Waals surface area contributed by atoms with Crippen LogP contribution < -0.4 is 0 Å². The van der Waals surface area contributed by atoms with Crippen molar-refractivity contribution in [2.24, 2.45) is 5.92 Å². The van der Waals surface area contributed by atoms with E-state index in [9.17, 15) is 9.18 Å². The first-order chi connectivity index (χ1) is 7.63. The van der Waals surface area contributed by atoms with Crippen molar-refractivity contribution >= 4 is 5.97 Å². The van der Waals surface area contributed by atoms with Gasteiger partial charge in [0.15, 0.2) is 0 Å². The number of halogens is 1. The highest BCUT2D eigenvalue weighted by Gasteiger charge is 2.38. The van der Waals surface area contributed by atoms with Gasteiger partial charge >= 0.3 is 5.97 Å². The number of aryl methyl sites for hydroxylation is 1. The summed E-state index contributed by atoms with van der Waals surface area (Å²) in [5.74, 6) is -0.479. The first-order valence-electron chi connectivity index (χ1n) is 5.47.